The van der Waals surface area contributed by atoms with E-state index in [-0.39, 0.29) is 29.4 Å². The van der Waals surface area contributed by atoms with Crippen LogP contribution in [0.25, 0.3) is 11.4 Å². The van der Waals surface area contributed by atoms with Gasteiger partial charge in [0.1, 0.15) is 17.9 Å². The van der Waals surface area contributed by atoms with Crippen LogP contribution in [-0.4, -0.2) is 43.6 Å². The lowest BCUT2D eigenvalue weighted by Crippen LogP contribution is -2.59. The number of benzene rings is 1. The van der Waals surface area contributed by atoms with Crippen LogP contribution < -0.4 is 5.32 Å². The highest BCUT2D eigenvalue weighted by atomic mass is 19.4. The van der Waals surface area contributed by atoms with E-state index in [9.17, 15) is 22.7 Å². The molecule has 4 atom stereocenters. The molecule has 34 heavy (non-hydrogen) atoms. The molecule has 6 rings (SSSR count). The van der Waals surface area contributed by atoms with Gasteiger partial charge in [0.2, 0.25) is 0 Å². The molecule has 3 aliphatic rings. The minimum absolute atomic E-state index is 0.100. The summed E-state index contributed by atoms with van der Waals surface area (Å²) >= 11 is 0. The first kappa shape index (κ1) is 22.7. The third-order valence-electron chi connectivity index (χ3n) is 6.67. The summed E-state index contributed by atoms with van der Waals surface area (Å²) in [7, 11) is 0. The molecule has 1 aliphatic carbocycles. The van der Waals surface area contributed by atoms with Gasteiger partial charge in [-0.1, -0.05) is 12.1 Å². The molecule has 178 valence electrons. The first-order chi connectivity index (χ1) is 16.3. The first-order valence-electron chi connectivity index (χ1n) is 11.1. The number of aliphatic hydroxyl groups excluding tert-OH is 1. The lowest BCUT2D eigenvalue weighted by molar-refractivity contribution is -0.137. The number of halogens is 4. The van der Waals surface area contributed by atoms with Gasteiger partial charge in [0.05, 0.1) is 11.1 Å². The Morgan fingerprint density at radius 2 is 1.82 bits per heavy atom. The maximum absolute atomic E-state index is 14.8. The zero-order valence-corrected chi connectivity index (χ0v) is 18.1. The van der Waals surface area contributed by atoms with Gasteiger partial charge >= 0.3 is 6.18 Å². The van der Waals surface area contributed by atoms with Crippen LogP contribution in [0.1, 0.15) is 36.6 Å². The monoisotopic (exact) mass is 473 g/mol. The molecule has 0 radical (unpaired) electrons. The molecule has 3 fully saturated rings. The first-order valence-corrected chi connectivity index (χ1v) is 11.1. The van der Waals surface area contributed by atoms with Crippen molar-refractivity contribution in [3.05, 3.63) is 71.9 Å². The van der Waals surface area contributed by atoms with E-state index in [2.05, 4.69) is 20.3 Å². The number of aromatic nitrogens is 3. The highest BCUT2D eigenvalue weighted by Gasteiger charge is 2.44. The topological polar surface area (TPSA) is 74.2 Å². The van der Waals surface area contributed by atoms with E-state index in [4.69, 9.17) is 0 Å². The number of nitrogens with zero attached hydrogens (tertiary/aromatic N) is 4. The number of aliphatic hydroxyl groups is 1. The summed E-state index contributed by atoms with van der Waals surface area (Å²) in [4.78, 5) is 14.2. The van der Waals surface area contributed by atoms with E-state index in [1.54, 1.807) is 18.2 Å². The van der Waals surface area contributed by atoms with Gasteiger partial charge in [-0.3, -0.25) is 4.90 Å². The lowest BCUT2D eigenvalue weighted by Gasteiger charge is -2.51. The van der Waals surface area contributed by atoms with Crippen LogP contribution in [0.15, 0.2) is 55.0 Å². The fraction of sp³-hybridized carbons (Fsp3) is 0.375. The molecule has 1 saturated carbocycles. The Bertz CT molecular complexity index is 1140. The number of fused-ring (bicyclic) bond motifs is 3. The molecule has 10 heteroatoms. The van der Waals surface area contributed by atoms with Crippen molar-refractivity contribution in [1.82, 2.24) is 19.9 Å². The maximum atomic E-state index is 14.8. The van der Waals surface area contributed by atoms with Gasteiger partial charge in [0, 0.05) is 42.8 Å². The van der Waals surface area contributed by atoms with Crippen LogP contribution in [0.4, 0.5) is 23.4 Å². The fourth-order valence-corrected chi connectivity index (χ4v) is 5.11. The molecule has 2 bridgehead atoms. The molecule has 2 saturated heterocycles. The number of nitrogens with one attached hydrogen (secondary N) is 1. The summed E-state index contributed by atoms with van der Waals surface area (Å²) in [5, 5.41) is 14.6. The molecule has 2 aromatic heterocycles. The Hall–Kier alpha value is -3.11. The molecule has 6 nitrogen and oxygen atoms in total. The van der Waals surface area contributed by atoms with Crippen LogP contribution in [0.2, 0.25) is 0 Å². The summed E-state index contributed by atoms with van der Waals surface area (Å²) in [5.41, 5.74) is -0.266. The van der Waals surface area contributed by atoms with E-state index < -0.39 is 23.8 Å². The average Bonchev–Trinajstić information content (AvgIpc) is 2.84. The summed E-state index contributed by atoms with van der Waals surface area (Å²) in [6, 6.07) is 8.27. The Balaban J connectivity index is 1.40. The Morgan fingerprint density at radius 1 is 1.03 bits per heavy atom. The summed E-state index contributed by atoms with van der Waals surface area (Å²) < 4.78 is 53.4. The number of alkyl halides is 3. The molecule has 4 unspecified atom stereocenters. The van der Waals surface area contributed by atoms with E-state index >= 15 is 0 Å². The standard InChI is InChI=1S/C24H23F4N5O/c25-17-4-1-3-16(21(17)22-29-9-2-10-30-22)23(34)33-13-14-5-7-19(33)18(11-14)32-20-8-6-15(12-31-20)24(26,27)28/h1-4,6,8-10,12,14,18-19,23,34H,5,7,11,13H2,(H,31,32). The van der Waals surface area contributed by atoms with Gasteiger partial charge in [-0.25, -0.2) is 19.3 Å². The van der Waals surface area contributed by atoms with E-state index in [0.29, 0.717) is 17.9 Å². The normalized spacial score (nSPS) is 23.6. The molecule has 0 spiro atoms. The highest BCUT2D eigenvalue weighted by molar-refractivity contribution is 5.61. The van der Waals surface area contributed by atoms with Gasteiger partial charge in [0.15, 0.2) is 5.82 Å². The summed E-state index contributed by atoms with van der Waals surface area (Å²) in [5.74, 6) is 0.315. The predicted octanol–water partition coefficient (Wildman–Crippen LogP) is 4.65. The van der Waals surface area contributed by atoms with E-state index in [1.807, 2.05) is 4.90 Å². The summed E-state index contributed by atoms with van der Waals surface area (Å²) in [6.07, 6.45) is 0.921. The van der Waals surface area contributed by atoms with Gasteiger partial charge in [-0.2, -0.15) is 13.2 Å². The smallest absolute Gasteiger partial charge is 0.374 e. The van der Waals surface area contributed by atoms with Crippen molar-refractivity contribution in [2.75, 3.05) is 11.9 Å². The summed E-state index contributed by atoms with van der Waals surface area (Å²) in [6.45, 7) is 0.635. The van der Waals surface area contributed by atoms with Gasteiger partial charge in [-0.15, -0.1) is 0 Å². The van der Waals surface area contributed by atoms with Crippen LogP contribution in [-0.2, 0) is 6.18 Å². The van der Waals surface area contributed by atoms with Crippen LogP contribution in [0.5, 0.6) is 0 Å². The molecule has 0 amide bonds. The quantitative estimate of drug-likeness (QED) is 0.526. The van der Waals surface area contributed by atoms with Crippen LogP contribution >= 0.6 is 0 Å². The predicted molar refractivity (Wildman–Crippen MR) is 117 cm³/mol. The van der Waals surface area contributed by atoms with Gasteiger partial charge < -0.3 is 10.4 Å². The maximum Gasteiger partial charge on any atom is 0.417 e. The van der Waals surface area contributed by atoms with Gasteiger partial charge in [-0.05, 0) is 49.4 Å². The minimum atomic E-state index is -4.44. The molecule has 3 aromatic rings. The fourth-order valence-electron chi connectivity index (χ4n) is 5.11. The Kier molecular flexibility index (Phi) is 5.95. The number of hydrogen-bond acceptors (Lipinski definition) is 6. The van der Waals surface area contributed by atoms with Crippen molar-refractivity contribution >= 4 is 5.82 Å². The molecule has 2 aliphatic heterocycles. The van der Waals surface area contributed by atoms with Crippen molar-refractivity contribution in [2.45, 2.75) is 43.8 Å². The largest absolute Gasteiger partial charge is 0.417 e. The third kappa shape index (κ3) is 4.35. The second kappa shape index (κ2) is 8.92. The Labute approximate surface area is 193 Å². The van der Waals surface area contributed by atoms with Crippen molar-refractivity contribution in [1.29, 1.82) is 0 Å². The highest BCUT2D eigenvalue weighted by Crippen LogP contribution is 2.42. The molecular weight excluding hydrogens is 450 g/mol. The van der Waals surface area contributed by atoms with E-state index in [1.165, 1.54) is 24.5 Å². The SMILES string of the molecule is OC(c1cccc(F)c1-c1ncccn1)N1CC2CCC1C(Nc1ccc(C(F)(F)F)cn1)C2. The van der Waals surface area contributed by atoms with Crippen LogP contribution in [0.3, 0.4) is 0 Å². The molecule has 2 N–H and O–H groups in total. The zero-order chi connectivity index (χ0) is 23.9. The minimum Gasteiger partial charge on any atom is -0.374 e. The zero-order valence-electron chi connectivity index (χ0n) is 18.1. The van der Waals surface area contributed by atoms with E-state index in [0.717, 1.165) is 31.5 Å². The second-order valence-electron chi connectivity index (χ2n) is 8.77. The van der Waals surface area contributed by atoms with Crippen molar-refractivity contribution in [3.8, 4) is 11.4 Å². The van der Waals surface area contributed by atoms with Crippen LogP contribution in [0, 0.1) is 11.7 Å². The van der Waals surface area contributed by atoms with Crippen molar-refractivity contribution < 1.29 is 22.7 Å². The third-order valence-corrected chi connectivity index (χ3v) is 6.67. The van der Waals surface area contributed by atoms with Crippen molar-refractivity contribution in [3.63, 3.8) is 0 Å². The second-order valence-corrected chi connectivity index (χ2v) is 8.77. The number of pyridine rings is 1. The average molecular weight is 473 g/mol. The van der Waals surface area contributed by atoms with Gasteiger partial charge in [0.25, 0.3) is 0 Å². The number of anilines is 1. The molecular formula is C24H23F4N5O. The number of rotatable bonds is 5. The van der Waals surface area contributed by atoms with Crippen molar-refractivity contribution in [2.24, 2.45) is 5.92 Å². The number of piperidine rings is 2. The molecule has 4 heterocycles. The Morgan fingerprint density at radius 3 is 2.50 bits per heavy atom. The number of hydrogen-bond donors (Lipinski definition) is 2. The lowest BCUT2D eigenvalue weighted by atomic mass is 9.76. The molecule has 1 aromatic carbocycles.